The highest BCUT2D eigenvalue weighted by Gasteiger charge is 2.33. The Morgan fingerprint density at radius 2 is 0.640 bits per heavy atom. The number of benzene rings is 4. The molecule has 8 aromatic rings. The normalized spacial score (nSPS) is 12.3. The van der Waals surface area contributed by atoms with Gasteiger partial charge in [-0.3, -0.25) is 9.97 Å². The van der Waals surface area contributed by atoms with E-state index >= 15 is 0 Å². The highest BCUT2D eigenvalue weighted by Crippen LogP contribution is 2.54. The van der Waals surface area contributed by atoms with Gasteiger partial charge in [0.25, 0.3) is 0 Å². The molecule has 2 aliphatic carbocycles. The topological polar surface area (TPSA) is 77.3 Å². The number of aromatic nitrogens is 6. The molecule has 0 saturated heterocycles. The second kappa shape index (κ2) is 11.4. The van der Waals surface area contributed by atoms with E-state index in [4.69, 9.17) is 0 Å². The fraction of sp³-hybridized carbons (Fsp3) is 0. The summed E-state index contributed by atoms with van der Waals surface area (Å²) < 4.78 is 0. The second-order valence-corrected chi connectivity index (χ2v) is 12.4. The van der Waals surface area contributed by atoms with Crippen LogP contribution in [0.4, 0.5) is 0 Å². The van der Waals surface area contributed by atoms with Crippen molar-refractivity contribution in [2.24, 2.45) is 0 Å². The van der Waals surface area contributed by atoms with E-state index in [2.05, 4.69) is 127 Å². The fourth-order valence-corrected chi connectivity index (χ4v) is 7.33. The fourth-order valence-electron chi connectivity index (χ4n) is 7.33. The number of hydrogen-bond donors (Lipinski definition) is 0. The Hall–Kier alpha value is -6.92. The predicted molar refractivity (Wildman–Crippen MR) is 197 cm³/mol. The minimum atomic E-state index is 0.720. The lowest BCUT2D eigenvalue weighted by atomic mass is 9.91. The highest BCUT2D eigenvalue weighted by atomic mass is 14.9. The summed E-state index contributed by atoms with van der Waals surface area (Å²) in [6.07, 6.45) is 14.8. The van der Waals surface area contributed by atoms with Crippen LogP contribution in [0.3, 0.4) is 0 Å². The summed E-state index contributed by atoms with van der Waals surface area (Å²) in [4.78, 5) is 26.7. The summed E-state index contributed by atoms with van der Waals surface area (Å²) in [6.45, 7) is 0. The van der Waals surface area contributed by atoms with Crippen LogP contribution in [0.5, 0.6) is 0 Å². The van der Waals surface area contributed by atoms with Gasteiger partial charge in [0.15, 0.2) is 11.6 Å². The molecule has 0 spiro atoms. The molecule has 0 unspecified atom stereocenters. The first-order valence-corrected chi connectivity index (χ1v) is 16.5. The van der Waals surface area contributed by atoms with Crippen LogP contribution >= 0.6 is 0 Å². The molecular formula is C44H26N6. The summed E-state index contributed by atoms with van der Waals surface area (Å²) in [6, 6.07) is 38.6. The first-order valence-electron chi connectivity index (χ1n) is 16.5. The van der Waals surface area contributed by atoms with Gasteiger partial charge in [-0.25, -0.2) is 19.9 Å². The third-order valence-electron chi connectivity index (χ3n) is 9.67. The minimum absolute atomic E-state index is 0.720. The molecule has 232 valence electrons. The lowest BCUT2D eigenvalue weighted by Gasteiger charge is -2.12. The number of pyridine rings is 2. The lowest BCUT2D eigenvalue weighted by molar-refractivity contribution is 1.18. The highest BCUT2D eigenvalue weighted by molar-refractivity contribution is 6.19. The molecule has 50 heavy (non-hydrogen) atoms. The van der Waals surface area contributed by atoms with Gasteiger partial charge >= 0.3 is 0 Å². The van der Waals surface area contributed by atoms with Crippen LogP contribution < -0.4 is 0 Å². The van der Waals surface area contributed by atoms with Crippen molar-refractivity contribution in [1.82, 2.24) is 29.9 Å². The van der Waals surface area contributed by atoms with Gasteiger partial charge in [-0.05, 0) is 103 Å². The molecule has 0 N–H and O–H groups in total. The Morgan fingerprint density at radius 3 is 1.06 bits per heavy atom. The van der Waals surface area contributed by atoms with Gasteiger partial charge in [-0.2, -0.15) is 0 Å². The predicted octanol–water partition coefficient (Wildman–Crippen LogP) is 9.69. The van der Waals surface area contributed by atoms with E-state index < -0.39 is 0 Å². The number of nitrogens with zero attached hydrogens (tertiary/aromatic N) is 6. The summed E-state index contributed by atoms with van der Waals surface area (Å²) >= 11 is 0. The van der Waals surface area contributed by atoms with Crippen molar-refractivity contribution in [2.45, 2.75) is 0 Å². The molecule has 4 aromatic heterocycles. The SMILES string of the molecule is c1cnc(-c2ccc(-c3ccc4c(c3)-c3cc(-c5ccc(-c6ncccn6)cc5)ccc3C4=C3c4ccncc4-c4cnccc43)cc2)nc1. The molecular weight excluding hydrogens is 613 g/mol. The summed E-state index contributed by atoms with van der Waals surface area (Å²) in [5, 5.41) is 0. The second-order valence-electron chi connectivity index (χ2n) is 12.4. The van der Waals surface area contributed by atoms with Crippen molar-refractivity contribution in [1.29, 1.82) is 0 Å². The monoisotopic (exact) mass is 638 g/mol. The van der Waals surface area contributed by atoms with E-state index in [0.29, 0.717) is 0 Å². The van der Waals surface area contributed by atoms with Crippen molar-refractivity contribution in [3.05, 3.63) is 181 Å². The Balaban J connectivity index is 1.15. The molecule has 0 aliphatic heterocycles. The Bertz CT molecular complexity index is 2430. The van der Waals surface area contributed by atoms with Gasteiger partial charge in [0.1, 0.15) is 0 Å². The van der Waals surface area contributed by atoms with Gasteiger partial charge in [0, 0.05) is 71.8 Å². The zero-order valence-corrected chi connectivity index (χ0v) is 26.7. The van der Waals surface area contributed by atoms with E-state index in [9.17, 15) is 0 Å². The first kappa shape index (κ1) is 28.1. The third-order valence-corrected chi connectivity index (χ3v) is 9.67. The summed E-state index contributed by atoms with van der Waals surface area (Å²) in [5.41, 5.74) is 18.5. The van der Waals surface area contributed by atoms with Crippen molar-refractivity contribution in [3.63, 3.8) is 0 Å². The molecule has 10 rings (SSSR count). The quantitative estimate of drug-likeness (QED) is 0.191. The number of fused-ring (bicyclic) bond motifs is 6. The van der Waals surface area contributed by atoms with Crippen molar-refractivity contribution in [3.8, 4) is 67.3 Å². The lowest BCUT2D eigenvalue weighted by Crippen LogP contribution is -1.91. The molecule has 6 heteroatoms. The maximum absolute atomic E-state index is 4.48. The van der Waals surface area contributed by atoms with Gasteiger partial charge in [0.05, 0.1) is 0 Å². The molecule has 4 heterocycles. The number of rotatable bonds is 4. The van der Waals surface area contributed by atoms with Crippen LogP contribution in [0, 0.1) is 0 Å². The Labute approximate surface area is 288 Å². The van der Waals surface area contributed by atoms with Gasteiger partial charge < -0.3 is 0 Å². The van der Waals surface area contributed by atoms with Crippen LogP contribution in [0.15, 0.2) is 159 Å². The van der Waals surface area contributed by atoms with Crippen LogP contribution in [-0.4, -0.2) is 29.9 Å². The van der Waals surface area contributed by atoms with E-state index in [1.165, 1.54) is 44.5 Å². The van der Waals surface area contributed by atoms with E-state index in [1.807, 2.05) is 36.9 Å². The van der Waals surface area contributed by atoms with Crippen LogP contribution in [0.1, 0.15) is 22.3 Å². The van der Waals surface area contributed by atoms with E-state index in [1.54, 1.807) is 24.8 Å². The molecule has 0 bridgehead atoms. The molecule has 4 aromatic carbocycles. The summed E-state index contributed by atoms with van der Waals surface area (Å²) in [5.74, 6) is 1.44. The molecule has 0 radical (unpaired) electrons. The van der Waals surface area contributed by atoms with Gasteiger partial charge in [-0.1, -0.05) is 72.8 Å². The zero-order chi connectivity index (χ0) is 33.0. The van der Waals surface area contributed by atoms with E-state index in [0.717, 1.165) is 56.2 Å². The molecule has 0 saturated carbocycles. The minimum Gasteiger partial charge on any atom is -0.264 e. The van der Waals surface area contributed by atoms with Crippen molar-refractivity contribution >= 4 is 11.1 Å². The molecule has 2 aliphatic rings. The average molecular weight is 639 g/mol. The summed E-state index contributed by atoms with van der Waals surface area (Å²) in [7, 11) is 0. The van der Waals surface area contributed by atoms with Gasteiger partial charge in [0.2, 0.25) is 0 Å². The van der Waals surface area contributed by atoms with E-state index in [-0.39, 0.29) is 0 Å². The molecule has 0 fully saturated rings. The van der Waals surface area contributed by atoms with Crippen LogP contribution in [-0.2, 0) is 0 Å². The first-order chi connectivity index (χ1) is 24.8. The average Bonchev–Trinajstić information content (AvgIpc) is 3.70. The maximum atomic E-state index is 4.48. The van der Waals surface area contributed by atoms with Crippen LogP contribution in [0.2, 0.25) is 0 Å². The van der Waals surface area contributed by atoms with Crippen LogP contribution in [0.25, 0.3) is 78.4 Å². The molecule has 0 amide bonds. The smallest absolute Gasteiger partial charge is 0.159 e. The molecule has 0 atom stereocenters. The van der Waals surface area contributed by atoms with Crippen molar-refractivity contribution < 1.29 is 0 Å². The zero-order valence-electron chi connectivity index (χ0n) is 26.7. The third kappa shape index (κ3) is 4.50. The standard InChI is InChI=1S/C44H26N6/c1-17-47-43(48-18-1)29-7-3-27(4-8-29)31-11-13-33-37(23-31)38-24-32(28-5-9-30(10-6-28)44-49-19-2-20-50-44)12-14-34(38)41(33)42-35-15-21-45-25-39(35)40-26-46-22-16-36(40)42/h1-26H. The van der Waals surface area contributed by atoms with Crippen molar-refractivity contribution in [2.75, 3.05) is 0 Å². The molecule has 6 nitrogen and oxygen atoms in total. The number of hydrogen-bond acceptors (Lipinski definition) is 6. The largest absolute Gasteiger partial charge is 0.264 e. The van der Waals surface area contributed by atoms with Gasteiger partial charge in [-0.15, -0.1) is 0 Å². The Morgan fingerprint density at radius 1 is 0.280 bits per heavy atom. The Kier molecular flexibility index (Phi) is 6.39. The maximum Gasteiger partial charge on any atom is 0.159 e.